The average Bonchev–Trinajstić information content (AvgIpc) is 3.90. The van der Waals surface area contributed by atoms with Crippen molar-refractivity contribution in [3.05, 3.63) is 18.9 Å². The maximum absolute atomic E-state index is 14.3. The van der Waals surface area contributed by atoms with Crippen LogP contribution >= 0.6 is 11.3 Å². The third kappa shape index (κ3) is 10.2. The Bertz CT molecular complexity index is 1710. The van der Waals surface area contributed by atoms with Crippen molar-refractivity contribution < 1.29 is 38.4 Å². The molecule has 324 valence electrons. The van der Waals surface area contributed by atoms with E-state index in [4.69, 9.17) is 24.7 Å². The molecule has 13 atom stereocenters. The SMILES string of the molecule is C=CC[C@H]1C[C@@H](C)CN[C@H](C)[C@H]2N(CCCCn3cc(-c4nnc(N)s4)nn3)C(=O)O[C@]2(C)[C@@H](CC)OC(=O)[C@H](C)C(=O)[C@H](C)[C@H]1O[C@@H]1OC(C)CC(N(C)C)C1O. The van der Waals surface area contributed by atoms with Crippen LogP contribution in [0.4, 0.5) is 9.93 Å². The van der Waals surface area contributed by atoms with Crippen LogP contribution in [0.1, 0.15) is 87.0 Å². The normalized spacial score (nSPS) is 35.6. The predicted octanol–water partition coefficient (Wildman–Crippen LogP) is 3.92. The molecule has 2 aromatic rings. The molecule has 3 saturated heterocycles. The number of hydrogen-bond donors (Lipinski definition) is 3. The zero-order valence-electron chi connectivity index (χ0n) is 35.6. The first-order valence-corrected chi connectivity index (χ1v) is 21.5. The van der Waals surface area contributed by atoms with Crippen LogP contribution in [-0.2, 0) is 35.1 Å². The Balaban J connectivity index is 1.37. The number of Topliss-reactive ketones (excluding diaryl/α,β-unsaturated/α-hetero) is 1. The van der Waals surface area contributed by atoms with Gasteiger partial charge in [0.15, 0.2) is 22.7 Å². The number of rotatable bonds is 12. The summed E-state index contributed by atoms with van der Waals surface area (Å²) in [7, 11) is 3.83. The molecule has 2 aromatic heterocycles. The van der Waals surface area contributed by atoms with Gasteiger partial charge in [0.05, 0.1) is 24.4 Å². The van der Waals surface area contributed by atoms with Gasteiger partial charge in [0, 0.05) is 31.1 Å². The molecular formula is C40H65N9O8S. The van der Waals surface area contributed by atoms with Gasteiger partial charge in [-0.25, -0.2) is 4.79 Å². The third-order valence-corrected chi connectivity index (χ3v) is 12.9. The molecule has 1 amide bonds. The van der Waals surface area contributed by atoms with E-state index in [0.29, 0.717) is 74.0 Å². The Hall–Kier alpha value is -3.55. The number of nitrogens with two attached hydrogens (primary N) is 1. The van der Waals surface area contributed by atoms with Gasteiger partial charge in [-0.2, -0.15) is 0 Å². The van der Waals surface area contributed by atoms with Crippen molar-refractivity contribution in [2.45, 2.75) is 148 Å². The van der Waals surface area contributed by atoms with E-state index >= 15 is 0 Å². The second-order valence-electron chi connectivity index (χ2n) is 17.0. The first-order valence-electron chi connectivity index (χ1n) is 20.7. The van der Waals surface area contributed by atoms with Gasteiger partial charge in [-0.15, -0.1) is 21.9 Å². The lowest BCUT2D eigenvalue weighted by Gasteiger charge is -2.44. The maximum atomic E-state index is 14.3. The monoisotopic (exact) mass is 831 g/mol. The van der Waals surface area contributed by atoms with E-state index in [2.05, 4.69) is 39.3 Å². The Morgan fingerprint density at radius 3 is 2.50 bits per heavy atom. The summed E-state index contributed by atoms with van der Waals surface area (Å²) in [6.45, 7) is 18.7. The van der Waals surface area contributed by atoms with Crippen molar-refractivity contribution in [3.63, 3.8) is 0 Å². The zero-order valence-corrected chi connectivity index (χ0v) is 36.4. The van der Waals surface area contributed by atoms with Crippen molar-refractivity contribution in [1.82, 2.24) is 40.3 Å². The van der Waals surface area contributed by atoms with Crippen molar-refractivity contribution in [2.75, 3.05) is 32.9 Å². The van der Waals surface area contributed by atoms with Crippen molar-refractivity contribution in [1.29, 1.82) is 0 Å². The summed E-state index contributed by atoms with van der Waals surface area (Å²) in [5.74, 6) is -3.02. The number of carbonyl (C=O) groups excluding carboxylic acids is 3. The van der Waals surface area contributed by atoms with Gasteiger partial charge in [0.25, 0.3) is 0 Å². The summed E-state index contributed by atoms with van der Waals surface area (Å²) in [5.41, 5.74) is 5.10. The molecule has 18 heteroatoms. The number of unbranched alkanes of at least 4 members (excludes halogenated alkanes) is 1. The van der Waals surface area contributed by atoms with Gasteiger partial charge in [-0.3, -0.25) is 19.2 Å². The molecule has 0 aromatic carbocycles. The maximum Gasteiger partial charge on any atom is 0.410 e. The molecule has 0 saturated carbocycles. The number of anilines is 1. The van der Waals surface area contributed by atoms with Crippen LogP contribution in [0.2, 0.25) is 0 Å². The Morgan fingerprint density at radius 1 is 1.12 bits per heavy atom. The van der Waals surface area contributed by atoms with Crippen LogP contribution < -0.4 is 11.1 Å². The van der Waals surface area contributed by atoms with Crippen molar-refractivity contribution >= 4 is 34.3 Å². The summed E-state index contributed by atoms with van der Waals surface area (Å²) in [4.78, 5) is 45.8. The summed E-state index contributed by atoms with van der Waals surface area (Å²) in [6.07, 6.45) is 3.01. The largest absolute Gasteiger partial charge is 0.458 e. The number of fused-ring (bicyclic) bond motifs is 1. The molecule has 0 aliphatic carbocycles. The molecular weight excluding hydrogens is 767 g/mol. The van der Waals surface area contributed by atoms with Gasteiger partial charge in [0.2, 0.25) is 5.13 Å². The number of amides is 1. The number of allylic oxidation sites excluding steroid dienone is 1. The van der Waals surface area contributed by atoms with Crippen molar-refractivity contribution in [2.24, 2.45) is 23.7 Å². The number of esters is 1. The predicted molar refractivity (Wildman–Crippen MR) is 218 cm³/mol. The summed E-state index contributed by atoms with van der Waals surface area (Å²) in [5, 5.41) is 32.4. The second kappa shape index (κ2) is 19.7. The number of aromatic nitrogens is 5. The molecule has 4 N–H and O–H groups in total. The molecule has 5 heterocycles. The van der Waals surface area contributed by atoms with Crippen LogP contribution in [0.3, 0.4) is 0 Å². The highest BCUT2D eigenvalue weighted by atomic mass is 32.1. The number of nitrogens with one attached hydrogen (secondary N) is 1. The molecule has 17 nitrogen and oxygen atoms in total. The zero-order chi connectivity index (χ0) is 42.5. The number of likely N-dealkylation sites (N-methyl/N-ethyl adjacent to an activating group) is 1. The number of aliphatic hydroxyl groups excluding tert-OH is 1. The molecule has 3 aliphatic heterocycles. The highest BCUT2D eigenvalue weighted by molar-refractivity contribution is 7.18. The topological polar surface area (TPSA) is 209 Å². The molecule has 0 spiro atoms. The molecule has 0 radical (unpaired) electrons. The number of hydrogen-bond acceptors (Lipinski definition) is 16. The first kappa shape index (κ1) is 45.5. The number of nitrogen functional groups attached to an aromatic ring is 1. The lowest BCUT2D eigenvalue weighted by molar-refractivity contribution is -0.278. The summed E-state index contributed by atoms with van der Waals surface area (Å²) < 4.78 is 27.0. The van der Waals surface area contributed by atoms with E-state index in [-0.39, 0.29) is 35.8 Å². The number of ketones is 1. The van der Waals surface area contributed by atoms with Gasteiger partial charge in [-0.1, -0.05) is 43.4 Å². The van der Waals surface area contributed by atoms with Gasteiger partial charge < -0.3 is 40.0 Å². The van der Waals surface area contributed by atoms with Crippen LogP contribution in [0.15, 0.2) is 18.9 Å². The Labute approximate surface area is 346 Å². The minimum absolute atomic E-state index is 0.0933. The molecule has 3 fully saturated rings. The van der Waals surface area contributed by atoms with Gasteiger partial charge in [-0.05, 0) is 98.7 Å². The van der Waals surface area contributed by atoms with E-state index in [1.54, 1.807) is 29.6 Å². The van der Waals surface area contributed by atoms with Gasteiger partial charge in [0.1, 0.15) is 23.8 Å². The molecule has 58 heavy (non-hydrogen) atoms. The van der Waals surface area contributed by atoms with E-state index < -0.39 is 60.1 Å². The van der Waals surface area contributed by atoms with Crippen molar-refractivity contribution in [3.8, 4) is 10.7 Å². The van der Waals surface area contributed by atoms with Crippen LogP contribution in [0.25, 0.3) is 10.7 Å². The fraction of sp³-hybridized carbons (Fsp3) is 0.775. The Kier molecular flexibility index (Phi) is 15.4. The fourth-order valence-corrected chi connectivity index (χ4v) is 9.59. The van der Waals surface area contributed by atoms with E-state index in [1.807, 2.05) is 52.8 Å². The lowest BCUT2D eigenvalue weighted by atomic mass is 9.79. The van der Waals surface area contributed by atoms with Crippen LogP contribution in [0.5, 0.6) is 0 Å². The number of aryl methyl sites for hydroxylation is 1. The Morgan fingerprint density at radius 2 is 1.84 bits per heavy atom. The van der Waals surface area contributed by atoms with Gasteiger partial charge >= 0.3 is 12.1 Å². The lowest BCUT2D eigenvalue weighted by Crippen LogP contribution is -2.60. The molecule has 5 rings (SSSR count). The number of ether oxygens (including phenoxy) is 4. The van der Waals surface area contributed by atoms with Crippen LogP contribution in [0, 0.1) is 23.7 Å². The highest BCUT2D eigenvalue weighted by Crippen LogP contribution is 2.39. The smallest absolute Gasteiger partial charge is 0.410 e. The summed E-state index contributed by atoms with van der Waals surface area (Å²) in [6, 6.07) is -0.974. The molecule has 0 bridgehead atoms. The highest BCUT2D eigenvalue weighted by Gasteiger charge is 2.58. The number of carbonyl (C=O) groups is 3. The first-order chi connectivity index (χ1) is 27.5. The second-order valence-corrected chi connectivity index (χ2v) is 18.0. The summed E-state index contributed by atoms with van der Waals surface area (Å²) >= 11 is 1.24. The fourth-order valence-electron chi connectivity index (χ4n) is 9.03. The standard InChI is InChI=1S/C40H65N9O8S/c1-11-15-27-18-22(3)20-42-26(7)34-40(8,57-39(53)49(34)17-14-13-16-48-21-28(43-46-48)35-44-45-38(41)58-35)30(12-2)55-36(52)25(6)31(50)24(5)33(27)56-37-32(51)29(47(9)10)19-23(4)54-37/h11,21-27,29-30,32-34,37,42,51H,1,12-20H2,2-10H3,(H2,41,45)/t22-,23?,24+,25-,26-,27+,29?,30-,32?,33-,34-,37+,40-/m1/s1. The van der Waals surface area contributed by atoms with E-state index in [0.717, 1.165) is 0 Å². The number of nitrogens with zero attached hydrogens (tertiary/aromatic N) is 7. The van der Waals surface area contributed by atoms with E-state index in [9.17, 15) is 19.5 Å². The van der Waals surface area contributed by atoms with Crippen LogP contribution in [-0.4, -0.2) is 140 Å². The third-order valence-electron chi connectivity index (χ3n) is 12.2. The minimum atomic E-state index is -1.22. The number of aliphatic hydroxyl groups is 1. The average molecular weight is 832 g/mol. The minimum Gasteiger partial charge on any atom is -0.458 e. The molecule has 3 aliphatic rings. The quantitative estimate of drug-likeness (QED) is 0.120. The number of cyclic esters (lactones) is 1. The van der Waals surface area contributed by atoms with E-state index in [1.165, 1.54) is 11.3 Å². The molecule has 3 unspecified atom stereocenters.